The Kier molecular flexibility index (Phi) is 4.96. The fourth-order valence-corrected chi connectivity index (χ4v) is 1.35. The van der Waals surface area contributed by atoms with E-state index in [0.29, 0.717) is 10.0 Å². The number of carboxylic acids is 1. The van der Waals surface area contributed by atoms with Crippen LogP contribution in [0.3, 0.4) is 0 Å². The van der Waals surface area contributed by atoms with Gasteiger partial charge in [0.25, 0.3) is 0 Å². The van der Waals surface area contributed by atoms with E-state index in [1.807, 2.05) is 0 Å². The fourth-order valence-electron chi connectivity index (χ4n) is 0.921. The van der Waals surface area contributed by atoms with Crippen LogP contribution >= 0.6 is 15.9 Å². The van der Waals surface area contributed by atoms with Gasteiger partial charge in [-0.3, -0.25) is 4.79 Å². The highest BCUT2D eigenvalue weighted by atomic mass is 79.9. The highest BCUT2D eigenvalue weighted by Gasteiger charge is 2.12. The van der Waals surface area contributed by atoms with Crippen molar-refractivity contribution >= 4 is 27.7 Å². The number of benzene rings is 1. The lowest BCUT2D eigenvalue weighted by atomic mass is 10.1. The lowest BCUT2D eigenvalue weighted by Gasteiger charge is -2.00. The first-order valence-electron chi connectivity index (χ1n) is 3.74. The summed E-state index contributed by atoms with van der Waals surface area (Å²) in [5.74, 6) is -2.27. The van der Waals surface area contributed by atoms with Gasteiger partial charge in [-0.05, 0) is 33.6 Å². The van der Waals surface area contributed by atoms with Gasteiger partial charge in [0.15, 0.2) is 0 Å². The van der Waals surface area contributed by atoms with E-state index in [1.165, 1.54) is 18.2 Å². The molecule has 0 aliphatic rings. The number of Topliss-reactive ketones (excluding diaryl/α,β-unsaturated/α-hetero) is 1. The molecule has 0 unspecified atom stereocenters. The molecular formula is C9H9BrO5. The zero-order valence-electron chi connectivity index (χ0n) is 7.53. The maximum atomic E-state index is 10.8. The van der Waals surface area contributed by atoms with Gasteiger partial charge >= 0.3 is 5.97 Å². The molecule has 0 saturated carbocycles. The molecule has 0 aliphatic heterocycles. The van der Waals surface area contributed by atoms with Gasteiger partial charge in [-0.25, -0.2) is 4.79 Å². The molecule has 0 bridgehead atoms. The maximum absolute atomic E-state index is 10.8. The number of carboxylic acid groups (broad SMARTS) is 1. The molecule has 0 aliphatic carbocycles. The summed E-state index contributed by atoms with van der Waals surface area (Å²) in [6, 6.07) is 4.41. The zero-order chi connectivity index (χ0) is 10.7. The molecule has 0 saturated heterocycles. The summed E-state index contributed by atoms with van der Waals surface area (Å²) < 4.78 is 0.438. The molecule has 0 radical (unpaired) electrons. The summed E-state index contributed by atoms with van der Waals surface area (Å²) in [6.45, 7) is 0. The Hall–Kier alpha value is -1.40. The predicted octanol–water partition coefficient (Wildman–Crippen LogP) is 0.526. The summed E-state index contributed by atoms with van der Waals surface area (Å²) >= 11 is 3.06. The van der Waals surface area contributed by atoms with Crippen molar-refractivity contribution in [3.05, 3.63) is 28.2 Å². The minimum absolute atomic E-state index is 0. The highest BCUT2D eigenvalue weighted by Crippen LogP contribution is 2.24. The number of aliphatic carboxylic acids is 1. The Morgan fingerprint density at radius 3 is 2.40 bits per heavy atom. The van der Waals surface area contributed by atoms with Crippen molar-refractivity contribution in [2.45, 2.75) is 6.42 Å². The topological polar surface area (TPSA) is 106 Å². The van der Waals surface area contributed by atoms with Crippen LogP contribution in [0.2, 0.25) is 0 Å². The Balaban J connectivity index is 0.00000196. The van der Waals surface area contributed by atoms with Crippen LogP contribution in [0.4, 0.5) is 0 Å². The van der Waals surface area contributed by atoms with Crippen LogP contribution in [0.1, 0.15) is 5.56 Å². The third-order valence-electron chi connectivity index (χ3n) is 1.62. The van der Waals surface area contributed by atoms with Gasteiger partial charge in [0.05, 0.1) is 4.47 Å². The van der Waals surface area contributed by atoms with Gasteiger partial charge in [-0.15, -0.1) is 0 Å². The van der Waals surface area contributed by atoms with Crippen LogP contribution in [-0.2, 0) is 16.0 Å². The van der Waals surface area contributed by atoms with Gasteiger partial charge in [0, 0.05) is 6.42 Å². The van der Waals surface area contributed by atoms with Gasteiger partial charge < -0.3 is 15.7 Å². The second kappa shape index (κ2) is 5.47. The second-order valence-corrected chi connectivity index (χ2v) is 3.55. The number of phenolic OH excluding ortho intramolecular Hbond substituents is 1. The first-order valence-corrected chi connectivity index (χ1v) is 4.53. The molecule has 0 spiro atoms. The van der Waals surface area contributed by atoms with Gasteiger partial charge in [0.2, 0.25) is 5.78 Å². The first kappa shape index (κ1) is 13.6. The number of hydrogen-bond acceptors (Lipinski definition) is 3. The zero-order valence-corrected chi connectivity index (χ0v) is 9.11. The molecule has 6 heteroatoms. The van der Waals surface area contributed by atoms with E-state index < -0.39 is 11.8 Å². The number of carbonyl (C=O) groups is 2. The summed E-state index contributed by atoms with van der Waals surface area (Å²) in [5.41, 5.74) is 0.544. The lowest BCUT2D eigenvalue weighted by molar-refractivity contribution is -0.148. The largest absolute Gasteiger partial charge is 0.507 e. The van der Waals surface area contributed by atoms with E-state index in [2.05, 4.69) is 15.9 Å². The Morgan fingerprint density at radius 2 is 1.93 bits per heavy atom. The molecule has 0 atom stereocenters. The van der Waals surface area contributed by atoms with Gasteiger partial charge in [-0.2, -0.15) is 0 Å². The number of aromatic hydroxyl groups is 1. The summed E-state index contributed by atoms with van der Waals surface area (Å²) in [6.07, 6.45) is -0.172. The number of phenols is 1. The molecule has 82 valence electrons. The SMILES string of the molecule is O.O=C(O)C(=O)Cc1ccc(O)c(Br)c1. The number of hydrogen-bond donors (Lipinski definition) is 2. The number of ketones is 1. The van der Waals surface area contributed by atoms with Crippen molar-refractivity contribution in [3.63, 3.8) is 0 Å². The standard InChI is InChI=1S/C9H7BrO4.H2O/c10-6-3-5(1-2-7(6)11)4-8(12)9(13)14;/h1-3,11H,4H2,(H,13,14);1H2. The van der Waals surface area contributed by atoms with Crippen LogP contribution in [0.15, 0.2) is 22.7 Å². The molecule has 15 heavy (non-hydrogen) atoms. The van der Waals surface area contributed by atoms with E-state index in [9.17, 15) is 9.59 Å². The third kappa shape index (κ3) is 3.69. The van der Waals surface area contributed by atoms with E-state index in [1.54, 1.807) is 0 Å². The lowest BCUT2D eigenvalue weighted by Crippen LogP contribution is -2.14. The summed E-state index contributed by atoms with van der Waals surface area (Å²) in [7, 11) is 0. The molecular weight excluding hydrogens is 268 g/mol. The van der Waals surface area contributed by atoms with E-state index in [-0.39, 0.29) is 17.6 Å². The molecule has 1 aromatic carbocycles. The van der Waals surface area contributed by atoms with E-state index >= 15 is 0 Å². The van der Waals surface area contributed by atoms with Crippen molar-refractivity contribution in [1.29, 1.82) is 0 Å². The van der Waals surface area contributed by atoms with E-state index in [4.69, 9.17) is 10.2 Å². The van der Waals surface area contributed by atoms with E-state index in [0.717, 1.165) is 0 Å². The van der Waals surface area contributed by atoms with Gasteiger partial charge in [-0.1, -0.05) is 6.07 Å². The van der Waals surface area contributed by atoms with Crippen LogP contribution in [-0.4, -0.2) is 27.4 Å². The monoisotopic (exact) mass is 276 g/mol. The fraction of sp³-hybridized carbons (Fsp3) is 0.111. The number of halogens is 1. The molecule has 0 heterocycles. The summed E-state index contributed by atoms with van der Waals surface area (Å²) in [4.78, 5) is 21.1. The number of carbonyl (C=O) groups excluding carboxylic acids is 1. The van der Waals surface area contributed by atoms with Crippen molar-refractivity contribution < 1.29 is 25.3 Å². The van der Waals surface area contributed by atoms with Crippen molar-refractivity contribution in [2.24, 2.45) is 0 Å². The maximum Gasteiger partial charge on any atom is 0.372 e. The quantitative estimate of drug-likeness (QED) is 0.785. The average molecular weight is 277 g/mol. The molecule has 0 fully saturated rings. The molecule has 4 N–H and O–H groups in total. The Bertz CT molecular complexity index is 388. The smallest absolute Gasteiger partial charge is 0.372 e. The van der Waals surface area contributed by atoms with Crippen molar-refractivity contribution in [3.8, 4) is 5.75 Å². The van der Waals surface area contributed by atoms with Crippen LogP contribution in [0.25, 0.3) is 0 Å². The number of rotatable bonds is 3. The third-order valence-corrected chi connectivity index (χ3v) is 2.25. The van der Waals surface area contributed by atoms with Crippen LogP contribution < -0.4 is 0 Å². The molecule has 5 nitrogen and oxygen atoms in total. The normalized spacial score (nSPS) is 9.13. The highest BCUT2D eigenvalue weighted by molar-refractivity contribution is 9.10. The summed E-state index contributed by atoms with van der Waals surface area (Å²) in [5, 5.41) is 17.5. The first-order chi connectivity index (χ1) is 6.50. The van der Waals surface area contributed by atoms with Crippen LogP contribution in [0.5, 0.6) is 5.75 Å². The van der Waals surface area contributed by atoms with Crippen molar-refractivity contribution in [1.82, 2.24) is 0 Å². The van der Waals surface area contributed by atoms with Crippen LogP contribution in [0, 0.1) is 0 Å². The Labute approximate surface area is 93.8 Å². The minimum Gasteiger partial charge on any atom is -0.507 e. The minimum atomic E-state index is -1.45. The van der Waals surface area contributed by atoms with Gasteiger partial charge in [0.1, 0.15) is 5.75 Å². The average Bonchev–Trinajstić information content (AvgIpc) is 2.11. The molecule has 1 aromatic rings. The molecule has 0 amide bonds. The Morgan fingerprint density at radius 1 is 1.33 bits per heavy atom. The molecule has 0 aromatic heterocycles. The second-order valence-electron chi connectivity index (χ2n) is 2.69. The predicted molar refractivity (Wildman–Crippen MR) is 55.8 cm³/mol. The van der Waals surface area contributed by atoms with Crippen molar-refractivity contribution in [2.75, 3.05) is 0 Å². The molecule has 1 rings (SSSR count).